The van der Waals surface area contributed by atoms with Crippen LogP contribution in [0.2, 0.25) is 0 Å². The van der Waals surface area contributed by atoms with E-state index in [-0.39, 0.29) is 18.3 Å². The summed E-state index contributed by atoms with van der Waals surface area (Å²) >= 11 is 0. The van der Waals surface area contributed by atoms with Gasteiger partial charge in [-0.1, -0.05) is 42.5 Å². The van der Waals surface area contributed by atoms with E-state index in [1.807, 2.05) is 41.3 Å². The van der Waals surface area contributed by atoms with Crippen LogP contribution in [0.25, 0.3) is 11.4 Å². The second-order valence-electron chi connectivity index (χ2n) is 6.33. The molecule has 0 unspecified atom stereocenters. The maximum atomic E-state index is 13.9. The number of amides is 1. The number of tetrazole rings is 1. The topological polar surface area (TPSA) is 67.2 Å². The van der Waals surface area contributed by atoms with Gasteiger partial charge in [0.1, 0.15) is 12.4 Å². The molecule has 1 fully saturated rings. The highest BCUT2D eigenvalue weighted by Gasteiger charge is 2.23. The monoisotopic (exact) mass is 366 g/mol. The summed E-state index contributed by atoms with van der Waals surface area (Å²) in [5.74, 6) is 0.186. The van der Waals surface area contributed by atoms with E-state index >= 15 is 0 Å². The normalized spacial score (nSPS) is 14.4. The van der Waals surface area contributed by atoms with Crippen LogP contribution in [0.3, 0.4) is 0 Å². The Morgan fingerprint density at radius 3 is 2.41 bits per heavy atom. The first kappa shape index (κ1) is 17.1. The van der Waals surface area contributed by atoms with Crippen molar-refractivity contribution >= 4 is 11.6 Å². The Hall–Kier alpha value is -3.29. The van der Waals surface area contributed by atoms with E-state index in [4.69, 9.17) is 0 Å². The van der Waals surface area contributed by atoms with Crippen LogP contribution >= 0.6 is 0 Å². The van der Waals surface area contributed by atoms with Gasteiger partial charge < -0.3 is 9.80 Å². The number of anilines is 1. The van der Waals surface area contributed by atoms with E-state index in [0.717, 1.165) is 5.56 Å². The average molecular weight is 366 g/mol. The van der Waals surface area contributed by atoms with Crippen LogP contribution in [0.15, 0.2) is 54.6 Å². The molecular formula is C19H19FN6O. The highest BCUT2D eigenvalue weighted by Crippen LogP contribution is 2.20. The number of carbonyl (C=O) groups is 1. The van der Waals surface area contributed by atoms with Gasteiger partial charge in [0, 0.05) is 31.7 Å². The summed E-state index contributed by atoms with van der Waals surface area (Å²) in [5.41, 5.74) is 1.43. The molecule has 0 saturated carbocycles. The second kappa shape index (κ2) is 7.53. The van der Waals surface area contributed by atoms with Crippen LogP contribution in [-0.2, 0) is 11.3 Å². The number of hydrogen-bond acceptors (Lipinski definition) is 5. The molecule has 1 amide bonds. The molecule has 3 aromatic rings. The number of carbonyl (C=O) groups excluding carboxylic acids is 1. The maximum Gasteiger partial charge on any atom is 0.246 e. The number of hydrogen-bond donors (Lipinski definition) is 0. The fourth-order valence-corrected chi connectivity index (χ4v) is 3.14. The lowest BCUT2D eigenvalue weighted by Crippen LogP contribution is -2.50. The van der Waals surface area contributed by atoms with E-state index in [0.29, 0.717) is 37.7 Å². The molecule has 0 radical (unpaired) electrons. The summed E-state index contributed by atoms with van der Waals surface area (Å²) in [7, 11) is 0. The summed E-state index contributed by atoms with van der Waals surface area (Å²) in [5, 5.41) is 12.3. The van der Waals surface area contributed by atoms with Crippen molar-refractivity contribution in [1.29, 1.82) is 0 Å². The molecular weight excluding hydrogens is 347 g/mol. The first-order valence-electron chi connectivity index (χ1n) is 8.81. The van der Waals surface area contributed by atoms with E-state index in [2.05, 4.69) is 15.4 Å². The molecule has 4 rings (SSSR count). The molecule has 2 aromatic carbocycles. The van der Waals surface area contributed by atoms with Crippen molar-refractivity contribution in [1.82, 2.24) is 25.1 Å². The summed E-state index contributed by atoms with van der Waals surface area (Å²) in [6, 6.07) is 16.2. The maximum absolute atomic E-state index is 13.9. The minimum atomic E-state index is -0.238. The molecule has 1 aromatic heterocycles. The Morgan fingerprint density at radius 2 is 1.67 bits per heavy atom. The Bertz CT molecular complexity index is 921. The SMILES string of the molecule is O=C(Cn1nnc(-c2ccccc2)n1)N1CCN(c2ccccc2F)CC1. The van der Waals surface area contributed by atoms with Crippen molar-refractivity contribution < 1.29 is 9.18 Å². The molecule has 138 valence electrons. The Kier molecular flexibility index (Phi) is 4.78. The van der Waals surface area contributed by atoms with Crippen molar-refractivity contribution in [2.24, 2.45) is 0 Å². The molecule has 1 aliphatic rings. The van der Waals surface area contributed by atoms with Gasteiger partial charge in [-0.25, -0.2) is 4.39 Å². The van der Waals surface area contributed by atoms with Crippen LogP contribution in [-0.4, -0.2) is 57.2 Å². The lowest BCUT2D eigenvalue weighted by atomic mass is 10.2. The minimum Gasteiger partial charge on any atom is -0.366 e. The second-order valence-corrected chi connectivity index (χ2v) is 6.33. The van der Waals surface area contributed by atoms with Gasteiger partial charge in [-0.05, 0) is 17.3 Å². The highest BCUT2D eigenvalue weighted by molar-refractivity contribution is 5.76. The van der Waals surface area contributed by atoms with Crippen LogP contribution in [0, 0.1) is 5.82 Å². The largest absolute Gasteiger partial charge is 0.366 e. The first-order chi connectivity index (χ1) is 13.2. The third-order valence-corrected chi connectivity index (χ3v) is 4.59. The lowest BCUT2D eigenvalue weighted by molar-refractivity contribution is -0.132. The van der Waals surface area contributed by atoms with Crippen molar-refractivity contribution in [3.8, 4) is 11.4 Å². The van der Waals surface area contributed by atoms with Gasteiger partial charge in [0.15, 0.2) is 0 Å². The van der Waals surface area contributed by atoms with E-state index in [9.17, 15) is 9.18 Å². The number of halogens is 1. The molecule has 27 heavy (non-hydrogen) atoms. The molecule has 0 N–H and O–H groups in total. The standard InChI is InChI=1S/C19H19FN6O/c20-16-8-4-5-9-17(16)24-10-12-25(13-11-24)18(27)14-26-22-19(21-23-26)15-6-2-1-3-7-15/h1-9H,10-14H2. The number of rotatable bonds is 4. The quantitative estimate of drug-likeness (QED) is 0.705. The Morgan fingerprint density at radius 1 is 0.963 bits per heavy atom. The van der Waals surface area contributed by atoms with Gasteiger partial charge in [-0.15, -0.1) is 10.2 Å². The molecule has 0 bridgehead atoms. The third kappa shape index (κ3) is 3.79. The molecule has 2 heterocycles. The van der Waals surface area contributed by atoms with Gasteiger partial charge >= 0.3 is 0 Å². The molecule has 0 atom stereocenters. The van der Waals surface area contributed by atoms with Crippen LogP contribution in [0.1, 0.15) is 0 Å². The fraction of sp³-hybridized carbons (Fsp3) is 0.263. The van der Waals surface area contributed by atoms with Crippen LogP contribution in [0.4, 0.5) is 10.1 Å². The predicted octanol–water partition coefficient (Wildman–Crippen LogP) is 1.83. The molecule has 1 aliphatic heterocycles. The number of para-hydroxylation sites is 1. The van der Waals surface area contributed by atoms with Gasteiger partial charge in [0.25, 0.3) is 0 Å². The summed E-state index contributed by atoms with van der Waals surface area (Å²) < 4.78 is 13.9. The molecule has 1 saturated heterocycles. The number of benzene rings is 2. The minimum absolute atomic E-state index is 0.0412. The van der Waals surface area contributed by atoms with Gasteiger partial charge in [-0.3, -0.25) is 4.79 Å². The number of nitrogens with zero attached hydrogens (tertiary/aromatic N) is 6. The van der Waals surface area contributed by atoms with Crippen molar-refractivity contribution in [2.45, 2.75) is 6.54 Å². The number of aromatic nitrogens is 4. The fourth-order valence-electron chi connectivity index (χ4n) is 3.14. The lowest BCUT2D eigenvalue weighted by Gasteiger charge is -2.36. The zero-order chi connectivity index (χ0) is 18.6. The zero-order valence-electron chi connectivity index (χ0n) is 14.7. The third-order valence-electron chi connectivity index (χ3n) is 4.59. The summed E-state index contributed by atoms with van der Waals surface area (Å²) in [6.45, 7) is 2.29. The van der Waals surface area contributed by atoms with Crippen LogP contribution in [0.5, 0.6) is 0 Å². The smallest absolute Gasteiger partial charge is 0.246 e. The van der Waals surface area contributed by atoms with Crippen molar-refractivity contribution in [3.63, 3.8) is 0 Å². The van der Waals surface area contributed by atoms with E-state index in [1.165, 1.54) is 10.9 Å². The predicted molar refractivity (Wildman–Crippen MR) is 98.4 cm³/mol. The van der Waals surface area contributed by atoms with Crippen molar-refractivity contribution in [3.05, 3.63) is 60.4 Å². The number of piperazine rings is 1. The zero-order valence-corrected chi connectivity index (χ0v) is 14.7. The Labute approximate surface area is 156 Å². The summed E-state index contributed by atoms with van der Waals surface area (Å²) in [4.78, 5) is 17.6. The van der Waals surface area contributed by atoms with Gasteiger partial charge in [-0.2, -0.15) is 4.80 Å². The summed E-state index contributed by atoms with van der Waals surface area (Å²) in [6.07, 6.45) is 0. The molecule has 7 nitrogen and oxygen atoms in total. The Balaban J connectivity index is 1.35. The van der Waals surface area contributed by atoms with Crippen molar-refractivity contribution in [2.75, 3.05) is 31.1 Å². The van der Waals surface area contributed by atoms with E-state index < -0.39 is 0 Å². The van der Waals surface area contributed by atoms with Gasteiger partial charge in [0.2, 0.25) is 11.7 Å². The first-order valence-corrected chi connectivity index (χ1v) is 8.81. The molecule has 0 spiro atoms. The van der Waals surface area contributed by atoms with E-state index in [1.54, 1.807) is 17.0 Å². The highest BCUT2D eigenvalue weighted by atomic mass is 19.1. The average Bonchev–Trinajstić information content (AvgIpc) is 3.18. The molecule has 0 aliphatic carbocycles. The molecule has 8 heteroatoms. The van der Waals surface area contributed by atoms with Gasteiger partial charge in [0.05, 0.1) is 5.69 Å². The van der Waals surface area contributed by atoms with Crippen LogP contribution < -0.4 is 4.90 Å².